The molecule has 0 bridgehead atoms. The number of rotatable bonds is 11. The van der Waals surface area contributed by atoms with E-state index in [-0.39, 0.29) is 42.8 Å². The summed E-state index contributed by atoms with van der Waals surface area (Å²) in [4.78, 5) is 42.8. The van der Waals surface area contributed by atoms with Crippen molar-refractivity contribution >= 4 is 31.7 Å². The van der Waals surface area contributed by atoms with Gasteiger partial charge in [-0.2, -0.15) is 0 Å². The van der Waals surface area contributed by atoms with Crippen molar-refractivity contribution in [2.45, 2.75) is 19.3 Å². The Kier molecular flexibility index (Phi) is 9.23. The summed E-state index contributed by atoms with van der Waals surface area (Å²) in [6.07, 6.45) is 0.459. The zero-order chi connectivity index (χ0) is 16.4. The van der Waals surface area contributed by atoms with Crippen LogP contribution in [0, 0.1) is 0 Å². The van der Waals surface area contributed by atoms with Crippen molar-refractivity contribution in [2.75, 3.05) is 25.0 Å². The fourth-order valence-electron chi connectivity index (χ4n) is 1.44. The van der Waals surface area contributed by atoms with E-state index in [1.54, 1.807) is 0 Å². The average molecular weight is 323 g/mol. The third kappa shape index (κ3) is 10.7. The highest BCUT2D eigenvalue weighted by molar-refractivity contribution is 7.57. The van der Waals surface area contributed by atoms with Gasteiger partial charge in [0.2, 0.25) is 5.91 Å². The molecule has 0 aromatic rings. The Morgan fingerprint density at radius 1 is 0.762 bits per heavy atom. The van der Waals surface area contributed by atoms with E-state index in [4.69, 9.17) is 20.5 Å². The highest BCUT2D eigenvalue weighted by Crippen LogP contribution is 2.37. The molecule has 0 aromatic carbocycles. The summed E-state index contributed by atoms with van der Waals surface area (Å²) in [6, 6.07) is 0. The van der Waals surface area contributed by atoms with Crippen molar-refractivity contribution in [3.63, 3.8) is 0 Å². The first-order chi connectivity index (χ1) is 9.72. The van der Waals surface area contributed by atoms with E-state index < -0.39 is 38.3 Å². The van der Waals surface area contributed by atoms with Gasteiger partial charge in [-0.05, 0) is 18.5 Å². The number of carboxylic acid groups (broad SMARTS) is 3. The molecule has 1 amide bonds. The van der Waals surface area contributed by atoms with Gasteiger partial charge >= 0.3 is 17.9 Å². The summed E-state index contributed by atoms with van der Waals surface area (Å²) in [7, 11) is -0.971. The molecule has 0 radical (unpaired) electrons. The highest BCUT2D eigenvalue weighted by atomic mass is 31.1. The minimum absolute atomic E-state index is 0.0875. The third-order valence-corrected chi connectivity index (χ3v) is 5.07. The van der Waals surface area contributed by atoms with E-state index in [0.29, 0.717) is 0 Å². The lowest BCUT2D eigenvalue weighted by Crippen LogP contribution is -2.32. The molecule has 21 heavy (non-hydrogen) atoms. The SMILES string of the molecule is O=C(O)CCP(CCC(=O)O)CCC(=O)N(O)CC(=O)O. The molecule has 0 aliphatic heterocycles. The van der Waals surface area contributed by atoms with Gasteiger partial charge in [-0.15, -0.1) is 7.92 Å². The van der Waals surface area contributed by atoms with Crippen LogP contribution >= 0.6 is 7.92 Å². The highest BCUT2D eigenvalue weighted by Gasteiger charge is 2.18. The number of carbonyl (C=O) groups is 4. The van der Waals surface area contributed by atoms with Crippen molar-refractivity contribution in [3.8, 4) is 0 Å². The van der Waals surface area contributed by atoms with Crippen LogP contribution in [0.4, 0.5) is 0 Å². The topological polar surface area (TPSA) is 152 Å². The molecular formula is C11H18NO8P. The molecule has 0 saturated carbocycles. The summed E-state index contributed by atoms with van der Waals surface area (Å²) in [5.74, 6) is -4.14. The van der Waals surface area contributed by atoms with Crippen LogP contribution in [0.15, 0.2) is 0 Å². The van der Waals surface area contributed by atoms with Crippen molar-refractivity contribution in [2.24, 2.45) is 0 Å². The molecule has 9 nitrogen and oxygen atoms in total. The molecule has 0 aromatic heterocycles. The van der Waals surface area contributed by atoms with Crippen LogP contribution < -0.4 is 0 Å². The second-order valence-corrected chi connectivity index (χ2v) is 6.91. The summed E-state index contributed by atoms with van der Waals surface area (Å²) in [5, 5.41) is 34.9. The van der Waals surface area contributed by atoms with E-state index in [1.165, 1.54) is 0 Å². The van der Waals surface area contributed by atoms with Crippen LogP contribution in [0.25, 0.3) is 0 Å². The molecule has 0 rings (SSSR count). The van der Waals surface area contributed by atoms with Gasteiger partial charge in [0, 0.05) is 19.3 Å². The Labute approximate surface area is 121 Å². The molecular weight excluding hydrogens is 305 g/mol. The first kappa shape index (κ1) is 19.3. The molecule has 4 N–H and O–H groups in total. The van der Waals surface area contributed by atoms with E-state index in [1.807, 2.05) is 0 Å². The molecule has 0 fully saturated rings. The van der Waals surface area contributed by atoms with Crippen LogP contribution in [0.5, 0.6) is 0 Å². The van der Waals surface area contributed by atoms with Crippen molar-refractivity contribution in [3.05, 3.63) is 0 Å². The predicted octanol–water partition coefficient (Wildman–Crippen LogP) is 0.110. The first-order valence-electron chi connectivity index (χ1n) is 6.09. The van der Waals surface area contributed by atoms with Gasteiger partial charge in [-0.1, -0.05) is 0 Å². The van der Waals surface area contributed by atoms with Crippen LogP contribution in [-0.4, -0.2) is 74.4 Å². The van der Waals surface area contributed by atoms with E-state index >= 15 is 0 Å². The molecule has 0 unspecified atom stereocenters. The van der Waals surface area contributed by atoms with Crippen LogP contribution in [0.1, 0.15) is 19.3 Å². The Hall–Kier alpha value is -1.73. The molecule has 0 aliphatic rings. The van der Waals surface area contributed by atoms with Gasteiger partial charge in [-0.25, -0.2) is 5.06 Å². The van der Waals surface area contributed by atoms with Gasteiger partial charge in [0.05, 0.1) is 0 Å². The second-order valence-electron chi connectivity index (χ2n) is 4.22. The van der Waals surface area contributed by atoms with Crippen molar-refractivity contribution in [1.29, 1.82) is 0 Å². The Bertz CT molecular complexity index is 382. The van der Waals surface area contributed by atoms with Crippen LogP contribution in [0.3, 0.4) is 0 Å². The van der Waals surface area contributed by atoms with E-state index in [0.717, 1.165) is 0 Å². The summed E-state index contributed by atoms with van der Waals surface area (Å²) >= 11 is 0. The molecule has 0 aliphatic carbocycles. The first-order valence-corrected chi connectivity index (χ1v) is 7.99. The van der Waals surface area contributed by atoms with Crippen molar-refractivity contribution in [1.82, 2.24) is 5.06 Å². The quantitative estimate of drug-likeness (QED) is 0.237. The molecule has 120 valence electrons. The fourth-order valence-corrected chi connectivity index (χ4v) is 3.64. The Morgan fingerprint density at radius 2 is 1.19 bits per heavy atom. The number of amides is 1. The second kappa shape index (κ2) is 10.1. The zero-order valence-corrected chi connectivity index (χ0v) is 12.2. The number of carbonyl (C=O) groups excluding carboxylic acids is 1. The normalized spacial score (nSPS) is 10.4. The lowest BCUT2D eigenvalue weighted by Gasteiger charge is -2.17. The van der Waals surface area contributed by atoms with Gasteiger partial charge in [0.25, 0.3) is 0 Å². The number of hydroxylamine groups is 2. The van der Waals surface area contributed by atoms with Gasteiger partial charge in [-0.3, -0.25) is 24.4 Å². The van der Waals surface area contributed by atoms with Gasteiger partial charge in [0.15, 0.2) is 0 Å². The summed E-state index contributed by atoms with van der Waals surface area (Å²) in [6.45, 7) is -0.832. The number of nitrogens with zero attached hydrogens (tertiary/aromatic N) is 1. The Morgan fingerprint density at radius 3 is 1.57 bits per heavy atom. The zero-order valence-electron chi connectivity index (χ0n) is 11.3. The number of hydrogen-bond donors (Lipinski definition) is 4. The monoisotopic (exact) mass is 323 g/mol. The maximum Gasteiger partial charge on any atom is 0.325 e. The number of hydrogen-bond acceptors (Lipinski definition) is 5. The number of aliphatic carboxylic acids is 3. The Balaban J connectivity index is 4.30. The molecule has 0 spiro atoms. The van der Waals surface area contributed by atoms with Gasteiger partial charge in [0.1, 0.15) is 6.54 Å². The molecule has 0 atom stereocenters. The average Bonchev–Trinajstić information content (AvgIpc) is 2.35. The van der Waals surface area contributed by atoms with E-state index in [2.05, 4.69) is 0 Å². The maximum atomic E-state index is 11.4. The summed E-state index contributed by atoms with van der Waals surface area (Å²) < 4.78 is 0. The lowest BCUT2D eigenvalue weighted by atomic mass is 10.4. The van der Waals surface area contributed by atoms with Crippen LogP contribution in [0.2, 0.25) is 0 Å². The number of carboxylic acids is 3. The smallest absolute Gasteiger partial charge is 0.325 e. The van der Waals surface area contributed by atoms with Crippen LogP contribution in [-0.2, 0) is 19.2 Å². The molecule has 0 saturated heterocycles. The maximum absolute atomic E-state index is 11.4. The minimum Gasteiger partial charge on any atom is -0.481 e. The molecule has 10 heteroatoms. The largest absolute Gasteiger partial charge is 0.481 e. The van der Waals surface area contributed by atoms with Crippen molar-refractivity contribution < 1.29 is 39.7 Å². The van der Waals surface area contributed by atoms with Gasteiger partial charge < -0.3 is 15.3 Å². The standard InChI is InChI=1S/C11H18NO8P/c13-8(12(20)7-11(18)19)1-4-21(5-2-9(14)15)6-3-10(16)17/h20H,1-7H2,(H,14,15)(H,16,17)(H,18,19). The predicted molar refractivity (Wildman–Crippen MR) is 71.8 cm³/mol. The molecule has 0 heterocycles. The minimum atomic E-state index is -1.36. The third-order valence-electron chi connectivity index (χ3n) is 2.50. The summed E-state index contributed by atoms with van der Waals surface area (Å²) in [5.41, 5.74) is 0. The van der Waals surface area contributed by atoms with E-state index in [9.17, 15) is 19.2 Å². The fraction of sp³-hybridized carbons (Fsp3) is 0.636. The lowest BCUT2D eigenvalue weighted by molar-refractivity contribution is -0.173.